The minimum absolute atomic E-state index is 0.0392. The van der Waals surface area contributed by atoms with Crippen molar-refractivity contribution in [3.63, 3.8) is 0 Å². The van der Waals surface area contributed by atoms with E-state index in [0.29, 0.717) is 17.5 Å². The van der Waals surface area contributed by atoms with Gasteiger partial charge < -0.3 is 10.6 Å². The molecule has 0 aromatic carbocycles. The topological polar surface area (TPSA) is 66.9 Å². The van der Waals surface area contributed by atoms with Crippen molar-refractivity contribution in [1.29, 1.82) is 0 Å². The average molecular weight is 232 g/mol. The van der Waals surface area contributed by atoms with Crippen molar-refractivity contribution >= 4 is 11.6 Å². The van der Waals surface area contributed by atoms with Gasteiger partial charge >= 0.3 is 0 Å². The van der Waals surface area contributed by atoms with Gasteiger partial charge in [-0.05, 0) is 31.2 Å². The third kappa shape index (κ3) is 2.02. The third-order valence-corrected chi connectivity index (χ3v) is 3.86. The van der Waals surface area contributed by atoms with Crippen LogP contribution in [0.2, 0.25) is 0 Å². The molecule has 0 spiro atoms. The lowest BCUT2D eigenvalue weighted by atomic mass is 9.93. The highest BCUT2D eigenvalue weighted by Crippen LogP contribution is 2.37. The SMILES string of the molecule is O=C(Nc1cncnc1)C1NCC2CCCC21. The molecule has 3 atom stereocenters. The van der Waals surface area contributed by atoms with Crippen LogP contribution in [-0.4, -0.2) is 28.5 Å². The van der Waals surface area contributed by atoms with E-state index in [1.807, 2.05) is 0 Å². The Labute approximate surface area is 100 Å². The van der Waals surface area contributed by atoms with Crippen LogP contribution in [0.15, 0.2) is 18.7 Å². The number of nitrogens with zero attached hydrogens (tertiary/aromatic N) is 2. The van der Waals surface area contributed by atoms with Gasteiger partial charge in [0.05, 0.1) is 24.1 Å². The summed E-state index contributed by atoms with van der Waals surface area (Å²) in [5.74, 6) is 1.26. The second-order valence-corrected chi connectivity index (χ2v) is 4.86. The lowest BCUT2D eigenvalue weighted by Crippen LogP contribution is -2.39. The van der Waals surface area contributed by atoms with Gasteiger partial charge in [-0.3, -0.25) is 4.79 Å². The fraction of sp³-hybridized carbons (Fsp3) is 0.583. The zero-order valence-corrected chi connectivity index (χ0v) is 9.60. The number of amides is 1. The maximum Gasteiger partial charge on any atom is 0.241 e. The van der Waals surface area contributed by atoms with Gasteiger partial charge in [-0.25, -0.2) is 9.97 Å². The summed E-state index contributed by atoms with van der Waals surface area (Å²) in [5.41, 5.74) is 0.667. The molecule has 0 radical (unpaired) electrons. The summed E-state index contributed by atoms with van der Waals surface area (Å²) in [4.78, 5) is 19.9. The van der Waals surface area contributed by atoms with Crippen molar-refractivity contribution in [1.82, 2.24) is 15.3 Å². The lowest BCUT2D eigenvalue weighted by molar-refractivity contribution is -0.118. The molecule has 0 bridgehead atoms. The van der Waals surface area contributed by atoms with Crippen LogP contribution in [0.3, 0.4) is 0 Å². The van der Waals surface area contributed by atoms with Crippen molar-refractivity contribution in [2.24, 2.45) is 11.8 Å². The molecule has 3 unspecified atom stereocenters. The lowest BCUT2D eigenvalue weighted by Gasteiger charge is -2.17. The first kappa shape index (κ1) is 10.7. The first-order valence-corrected chi connectivity index (χ1v) is 6.14. The number of fused-ring (bicyclic) bond motifs is 1. The van der Waals surface area contributed by atoms with E-state index in [0.717, 1.165) is 6.54 Å². The van der Waals surface area contributed by atoms with Gasteiger partial charge in [0.25, 0.3) is 0 Å². The molecule has 1 aromatic rings. The molecule has 1 aliphatic heterocycles. The number of anilines is 1. The molecule has 1 saturated carbocycles. The highest BCUT2D eigenvalue weighted by atomic mass is 16.2. The summed E-state index contributed by atoms with van der Waals surface area (Å²) in [6, 6.07) is -0.0392. The molecule has 17 heavy (non-hydrogen) atoms. The van der Waals surface area contributed by atoms with Gasteiger partial charge in [-0.2, -0.15) is 0 Å². The van der Waals surface area contributed by atoms with Crippen LogP contribution >= 0.6 is 0 Å². The van der Waals surface area contributed by atoms with E-state index in [1.165, 1.54) is 25.6 Å². The third-order valence-electron chi connectivity index (χ3n) is 3.86. The molecule has 2 heterocycles. The number of carbonyl (C=O) groups excluding carboxylic acids is 1. The molecular formula is C12H16N4O. The summed E-state index contributed by atoms with van der Waals surface area (Å²) < 4.78 is 0. The molecule has 90 valence electrons. The Bertz CT molecular complexity index is 408. The summed E-state index contributed by atoms with van der Waals surface area (Å²) in [5, 5.41) is 6.20. The maximum atomic E-state index is 12.1. The van der Waals surface area contributed by atoms with Crippen molar-refractivity contribution in [2.75, 3.05) is 11.9 Å². The Morgan fingerprint density at radius 2 is 2.18 bits per heavy atom. The second-order valence-electron chi connectivity index (χ2n) is 4.86. The van der Waals surface area contributed by atoms with E-state index < -0.39 is 0 Å². The predicted octanol–water partition coefficient (Wildman–Crippen LogP) is 0.803. The largest absolute Gasteiger partial charge is 0.322 e. The summed E-state index contributed by atoms with van der Waals surface area (Å²) in [6.07, 6.45) is 8.38. The molecular weight excluding hydrogens is 216 g/mol. The van der Waals surface area contributed by atoms with Crippen molar-refractivity contribution in [3.05, 3.63) is 18.7 Å². The highest BCUT2D eigenvalue weighted by molar-refractivity contribution is 5.95. The normalized spacial score (nSPS) is 31.2. The van der Waals surface area contributed by atoms with Crippen LogP contribution in [0.25, 0.3) is 0 Å². The number of carbonyl (C=O) groups is 1. The van der Waals surface area contributed by atoms with Crippen LogP contribution in [0.5, 0.6) is 0 Å². The van der Waals surface area contributed by atoms with Crippen LogP contribution in [0, 0.1) is 11.8 Å². The minimum Gasteiger partial charge on any atom is -0.322 e. The summed E-state index contributed by atoms with van der Waals surface area (Å²) >= 11 is 0. The predicted molar refractivity (Wildman–Crippen MR) is 63.3 cm³/mol. The molecule has 5 nitrogen and oxygen atoms in total. The van der Waals surface area contributed by atoms with E-state index in [2.05, 4.69) is 20.6 Å². The van der Waals surface area contributed by atoms with E-state index in [4.69, 9.17) is 0 Å². The van der Waals surface area contributed by atoms with Gasteiger partial charge in [0.15, 0.2) is 0 Å². The molecule has 2 aliphatic rings. The van der Waals surface area contributed by atoms with E-state index in [-0.39, 0.29) is 11.9 Å². The Kier molecular flexibility index (Phi) is 2.76. The fourth-order valence-corrected chi connectivity index (χ4v) is 3.06. The average Bonchev–Trinajstić information content (AvgIpc) is 2.91. The van der Waals surface area contributed by atoms with Crippen LogP contribution < -0.4 is 10.6 Å². The summed E-state index contributed by atoms with van der Waals surface area (Å²) in [7, 11) is 0. The quantitative estimate of drug-likeness (QED) is 0.791. The molecule has 2 N–H and O–H groups in total. The number of nitrogens with one attached hydrogen (secondary N) is 2. The van der Waals surface area contributed by atoms with E-state index >= 15 is 0 Å². The van der Waals surface area contributed by atoms with Gasteiger partial charge in [-0.1, -0.05) is 6.42 Å². The number of hydrogen-bond donors (Lipinski definition) is 2. The Morgan fingerprint density at radius 1 is 1.35 bits per heavy atom. The Balaban J connectivity index is 1.67. The molecule has 1 amide bonds. The van der Waals surface area contributed by atoms with Crippen LogP contribution in [0.1, 0.15) is 19.3 Å². The molecule has 2 fully saturated rings. The summed E-state index contributed by atoms with van der Waals surface area (Å²) in [6.45, 7) is 0.980. The number of hydrogen-bond acceptors (Lipinski definition) is 4. The van der Waals surface area contributed by atoms with Gasteiger partial charge in [0.1, 0.15) is 6.33 Å². The maximum absolute atomic E-state index is 12.1. The Hall–Kier alpha value is -1.49. The fourth-order valence-electron chi connectivity index (χ4n) is 3.06. The molecule has 5 heteroatoms. The minimum atomic E-state index is -0.0392. The van der Waals surface area contributed by atoms with E-state index in [1.54, 1.807) is 12.4 Å². The molecule has 1 saturated heterocycles. The number of aromatic nitrogens is 2. The van der Waals surface area contributed by atoms with E-state index in [9.17, 15) is 4.79 Å². The highest BCUT2D eigenvalue weighted by Gasteiger charge is 2.42. The monoisotopic (exact) mass is 232 g/mol. The van der Waals surface area contributed by atoms with Gasteiger partial charge in [0, 0.05) is 0 Å². The standard InChI is InChI=1S/C12H16N4O/c17-12(16-9-5-13-7-14-6-9)11-10-3-1-2-8(10)4-15-11/h5-8,10-11,15H,1-4H2,(H,16,17). The molecule has 1 aliphatic carbocycles. The van der Waals surface area contributed by atoms with Crippen LogP contribution in [0.4, 0.5) is 5.69 Å². The van der Waals surface area contributed by atoms with Gasteiger partial charge in [-0.15, -0.1) is 0 Å². The van der Waals surface area contributed by atoms with Crippen molar-refractivity contribution < 1.29 is 4.79 Å². The van der Waals surface area contributed by atoms with Crippen molar-refractivity contribution in [2.45, 2.75) is 25.3 Å². The number of rotatable bonds is 2. The smallest absolute Gasteiger partial charge is 0.241 e. The van der Waals surface area contributed by atoms with Crippen LogP contribution in [-0.2, 0) is 4.79 Å². The zero-order chi connectivity index (χ0) is 11.7. The van der Waals surface area contributed by atoms with Crippen molar-refractivity contribution in [3.8, 4) is 0 Å². The Morgan fingerprint density at radius 3 is 3.00 bits per heavy atom. The van der Waals surface area contributed by atoms with Gasteiger partial charge in [0.2, 0.25) is 5.91 Å². The molecule has 1 aromatic heterocycles. The first-order valence-electron chi connectivity index (χ1n) is 6.14. The zero-order valence-electron chi connectivity index (χ0n) is 9.60. The first-order chi connectivity index (χ1) is 8.34. The molecule has 3 rings (SSSR count). The second kappa shape index (κ2) is 4.41.